The topological polar surface area (TPSA) is 99.8 Å². The molecule has 30 heavy (non-hydrogen) atoms. The van der Waals surface area contributed by atoms with Gasteiger partial charge in [-0.3, -0.25) is 4.98 Å². The maximum atomic E-state index is 12.7. The summed E-state index contributed by atoms with van der Waals surface area (Å²) in [4.78, 5) is 11.7. The van der Waals surface area contributed by atoms with Crippen LogP contribution in [0.2, 0.25) is 0 Å². The second-order valence-electron chi connectivity index (χ2n) is 7.12. The third-order valence-electron chi connectivity index (χ3n) is 4.81. The Bertz CT molecular complexity index is 1240. The molecule has 0 unspecified atom stereocenters. The first-order valence-electron chi connectivity index (χ1n) is 9.50. The molecule has 0 fully saturated rings. The molecule has 2 aromatic carbocycles. The van der Waals surface area contributed by atoms with Crippen LogP contribution in [0, 0.1) is 0 Å². The second-order valence-corrected chi connectivity index (χ2v) is 8.83. The molecule has 0 aliphatic heterocycles. The van der Waals surface area contributed by atoms with Crippen molar-refractivity contribution in [3.63, 3.8) is 0 Å². The standard InChI is InChI=1S/C21H23N5O2S.ClH/c1-15(12-22-8-6-16-2-5-20-21(10-16)25-14-24-20)26-29(27,28)19-4-3-18-13-23-9-7-17(18)11-19;/h2-5,7,9-11,13-15,22,26H,6,8,12H2,1H3,(H,24,25);1H/t15-;/m1./s1. The molecule has 4 aromatic rings. The maximum Gasteiger partial charge on any atom is 0.240 e. The highest BCUT2D eigenvalue weighted by molar-refractivity contribution is 7.89. The van der Waals surface area contributed by atoms with E-state index in [2.05, 4.69) is 37.1 Å². The van der Waals surface area contributed by atoms with Crippen LogP contribution in [0.3, 0.4) is 0 Å². The Hall–Kier alpha value is -2.52. The lowest BCUT2D eigenvalue weighted by molar-refractivity contribution is 0.537. The highest BCUT2D eigenvalue weighted by Gasteiger charge is 2.17. The number of nitrogens with zero attached hydrogens (tertiary/aromatic N) is 2. The van der Waals surface area contributed by atoms with Crippen LogP contribution in [-0.2, 0) is 16.4 Å². The van der Waals surface area contributed by atoms with Crippen LogP contribution < -0.4 is 10.0 Å². The van der Waals surface area contributed by atoms with Crippen LogP contribution in [-0.4, -0.2) is 42.5 Å². The molecular formula is C21H24ClN5O2S. The minimum atomic E-state index is -3.58. The Balaban J connectivity index is 0.00000256. The third kappa shape index (κ3) is 5.14. The molecule has 4 rings (SSSR count). The van der Waals surface area contributed by atoms with Crippen molar-refractivity contribution in [3.05, 3.63) is 66.7 Å². The maximum absolute atomic E-state index is 12.7. The van der Waals surface area contributed by atoms with Crippen LogP contribution in [0.15, 0.2) is 66.1 Å². The highest BCUT2D eigenvalue weighted by atomic mass is 35.5. The van der Waals surface area contributed by atoms with E-state index >= 15 is 0 Å². The smallest absolute Gasteiger partial charge is 0.240 e. The number of rotatable bonds is 8. The van der Waals surface area contributed by atoms with Gasteiger partial charge in [0.25, 0.3) is 0 Å². The van der Waals surface area contributed by atoms with Gasteiger partial charge in [-0.2, -0.15) is 0 Å². The van der Waals surface area contributed by atoms with Crippen molar-refractivity contribution in [2.45, 2.75) is 24.3 Å². The van der Waals surface area contributed by atoms with Gasteiger partial charge in [-0.25, -0.2) is 18.1 Å². The van der Waals surface area contributed by atoms with Gasteiger partial charge in [-0.15, -0.1) is 12.4 Å². The predicted molar refractivity (Wildman–Crippen MR) is 121 cm³/mol. The molecule has 0 radical (unpaired) electrons. The average molecular weight is 446 g/mol. The summed E-state index contributed by atoms with van der Waals surface area (Å²) in [7, 11) is -3.58. The van der Waals surface area contributed by atoms with Crippen LogP contribution in [0.25, 0.3) is 21.8 Å². The number of H-pyrrole nitrogens is 1. The number of sulfonamides is 1. The molecule has 2 aromatic heterocycles. The summed E-state index contributed by atoms with van der Waals surface area (Å²) in [5.74, 6) is 0. The van der Waals surface area contributed by atoms with E-state index in [4.69, 9.17) is 0 Å². The second kappa shape index (κ2) is 9.53. The molecule has 2 heterocycles. The fourth-order valence-corrected chi connectivity index (χ4v) is 4.57. The first kappa shape index (κ1) is 22.2. The fourth-order valence-electron chi connectivity index (χ4n) is 3.29. The lowest BCUT2D eigenvalue weighted by Gasteiger charge is -2.15. The van der Waals surface area contributed by atoms with Gasteiger partial charge >= 0.3 is 0 Å². The van der Waals surface area contributed by atoms with E-state index in [-0.39, 0.29) is 23.3 Å². The number of nitrogens with one attached hydrogen (secondary N) is 3. The molecule has 158 valence electrons. The molecule has 0 spiro atoms. The third-order valence-corrected chi connectivity index (χ3v) is 6.39. The van der Waals surface area contributed by atoms with Crippen LogP contribution in [0.5, 0.6) is 0 Å². The molecule has 1 atom stereocenters. The zero-order chi connectivity index (χ0) is 20.3. The number of hydrogen-bond acceptors (Lipinski definition) is 5. The molecule has 9 heteroatoms. The van der Waals surface area contributed by atoms with Crippen LogP contribution in [0.1, 0.15) is 12.5 Å². The van der Waals surface area contributed by atoms with Crippen molar-refractivity contribution < 1.29 is 8.42 Å². The fraction of sp³-hybridized carbons (Fsp3) is 0.238. The van der Waals surface area contributed by atoms with E-state index in [0.29, 0.717) is 6.54 Å². The quantitative estimate of drug-likeness (QED) is 0.362. The summed E-state index contributed by atoms with van der Waals surface area (Å²) >= 11 is 0. The number of pyridine rings is 1. The molecule has 0 amide bonds. The lowest BCUT2D eigenvalue weighted by atomic mass is 10.1. The monoisotopic (exact) mass is 445 g/mol. The summed E-state index contributed by atoms with van der Waals surface area (Å²) in [6.45, 7) is 3.15. The normalized spacial score (nSPS) is 12.7. The van der Waals surface area contributed by atoms with Gasteiger partial charge in [0, 0.05) is 30.4 Å². The summed E-state index contributed by atoms with van der Waals surface area (Å²) in [5.41, 5.74) is 3.17. The predicted octanol–water partition coefficient (Wildman–Crippen LogP) is 3.03. The summed E-state index contributed by atoms with van der Waals surface area (Å²) in [6, 6.07) is 12.8. The largest absolute Gasteiger partial charge is 0.345 e. The number of aromatic nitrogens is 3. The molecule has 0 aliphatic carbocycles. The van der Waals surface area contributed by atoms with Gasteiger partial charge < -0.3 is 10.3 Å². The Morgan fingerprint density at radius 3 is 2.83 bits per heavy atom. The Morgan fingerprint density at radius 2 is 1.97 bits per heavy atom. The molecule has 0 bridgehead atoms. The molecule has 0 saturated heterocycles. The lowest BCUT2D eigenvalue weighted by Crippen LogP contribution is -2.40. The van der Waals surface area contributed by atoms with E-state index < -0.39 is 10.0 Å². The zero-order valence-electron chi connectivity index (χ0n) is 16.5. The van der Waals surface area contributed by atoms with E-state index in [1.807, 2.05) is 13.0 Å². The number of hydrogen-bond donors (Lipinski definition) is 3. The van der Waals surface area contributed by atoms with Crippen LogP contribution in [0.4, 0.5) is 0 Å². The molecular weight excluding hydrogens is 422 g/mol. The van der Waals surface area contributed by atoms with Gasteiger partial charge in [0.1, 0.15) is 0 Å². The highest BCUT2D eigenvalue weighted by Crippen LogP contribution is 2.18. The molecule has 3 N–H and O–H groups in total. The number of benzene rings is 2. The number of fused-ring (bicyclic) bond motifs is 2. The first-order valence-corrected chi connectivity index (χ1v) is 11.0. The van der Waals surface area contributed by atoms with Crippen molar-refractivity contribution in [3.8, 4) is 0 Å². The van der Waals surface area contributed by atoms with Crippen molar-refractivity contribution in [2.24, 2.45) is 0 Å². The van der Waals surface area contributed by atoms with Crippen molar-refractivity contribution >= 4 is 44.2 Å². The first-order chi connectivity index (χ1) is 14.0. The van der Waals surface area contributed by atoms with E-state index in [1.165, 1.54) is 5.56 Å². The summed E-state index contributed by atoms with van der Waals surface area (Å²) in [5, 5.41) is 5.08. The summed E-state index contributed by atoms with van der Waals surface area (Å²) in [6.07, 6.45) is 5.91. The van der Waals surface area contributed by atoms with E-state index in [1.54, 1.807) is 43.0 Å². The zero-order valence-corrected chi connectivity index (χ0v) is 18.1. The van der Waals surface area contributed by atoms with Crippen molar-refractivity contribution in [1.82, 2.24) is 25.0 Å². The van der Waals surface area contributed by atoms with Gasteiger partial charge in [-0.1, -0.05) is 12.1 Å². The van der Waals surface area contributed by atoms with E-state index in [0.717, 1.165) is 34.8 Å². The van der Waals surface area contributed by atoms with Crippen LogP contribution >= 0.6 is 12.4 Å². The van der Waals surface area contributed by atoms with Gasteiger partial charge in [0.05, 0.1) is 22.3 Å². The Morgan fingerprint density at radius 1 is 1.10 bits per heavy atom. The molecule has 0 saturated carbocycles. The number of aromatic amines is 1. The molecule has 0 aliphatic rings. The van der Waals surface area contributed by atoms with Crippen molar-refractivity contribution in [2.75, 3.05) is 13.1 Å². The SMILES string of the molecule is C[C@H](CNCCc1ccc2[nH]cnc2c1)NS(=O)(=O)c1ccc2cnccc2c1.Cl. The minimum Gasteiger partial charge on any atom is -0.345 e. The number of halogens is 1. The number of imidazole rings is 1. The Kier molecular flexibility index (Phi) is 7.04. The van der Waals surface area contributed by atoms with E-state index in [9.17, 15) is 8.42 Å². The van der Waals surface area contributed by atoms with Gasteiger partial charge in [0.2, 0.25) is 10.0 Å². The molecule has 7 nitrogen and oxygen atoms in total. The van der Waals surface area contributed by atoms with Gasteiger partial charge in [-0.05, 0) is 61.2 Å². The average Bonchev–Trinajstić information content (AvgIpc) is 3.18. The van der Waals surface area contributed by atoms with Crippen molar-refractivity contribution in [1.29, 1.82) is 0 Å². The van der Waals surface area contributed by atoms with Gasteiger partial charge in [0.15, 0.2) is 0 Å². The summed E-state index contributed by atoms with van der Waals surface area (Å²) < 4.78 is 28.1. The Labute approximate surface area is 181 Å². The minimum absolute atomic E-state index is 0.